The second kappa shape index (κ2) is 14.4. The van der Waals surface area contributed by atoms with E-state index in [-0.39, 0.29) is 0 Å². The van der Waals surface area contributed by atoms with E-state index in [9.17, 15) is 0 Å². The average molecular weight is 550 g/mol. The quantitative estimate of drug-likeness (QED) is 0.236. The molecule has 3 heterocycles. The van der Waals surface area contributed by atoms with E-state index in [0.717, 1.165) is 79.1 Å². The second-order valence-corrected chi connectivity index (χ2v) is 9.01. The van der Waals surface area contributed by atoms with Crippen molar-refractivity contribution < 1.29 is 24.5 Å². The number of benzene rings is 2. The van der Waals surface area contributed by atoms with Crippen molar-refractivity contribution in [1.29, 1.82) is 0 Å². The summed E-state index contributed by atoms with van der Waals surface area (Å²) in [5, 5.41) is 27.5. The maximum absolute atomic E-state index is 9.00. The monoisotopic (exact) mass is 549 g/mol. The minimum absolute atomic E-state index is 0.309. The number of hydrogen-bond donors (Lipinski definition) is 5. The SMILES string of the molecule is CC(=O)O.CC(=O)O.COc1ccccc1CNc1ccc(-c2nn(C3CCNCC3)c3ncnc(N)c23)cc1. The fourth-order valence-electron chi connectivity index (χ4n) is 4.30. The molecule has 6 N–H and O–H groups in total. The van der Waals surface area contributed by atoms with Gasteiger partial charge in [0.1, 0.15) is 23.6 Å². The lowest BCUT2D eigenvalue weighted by molar-refractivity contribution is -0.135. The van der Waals surface area contributed by atoms with E-state index < -0.39 is 11.9 Å². The second-order valence-electron chi connectivity index (χ2n) is 9.01. The van der Waals surface area contributed by atoms with Crippen molar-refractivity contribution in [2.75, 3.05) is 31.2 Å². The summed E-state index contributed by atoms with van der Waals surface area (Å²) < 4.78 is 7.48. The standard InChI is InChI=1S/C24H27N7O.2C2H4O2/c1-32-20-5-3-2-4-17(20)14-27-18-8-6-16(7-9-18)22-21-23(25)28-15-29-24(21)31(30-22)19-10-12-26-13-11-19;2*1-2(3)4/h2-9,15,19,26-27H,10-14H2,1H3,(H2,25,28,29);2*1H3,(H,3,4). The maximum Gasteiger partial charge on any atom is 0.300 e. The van der Waals surface area contributed by atoms with Crippen LogP contribution >= 0.6 is 0 Å². The molecule has 1 aliphatic heterocycles. The number of rotatable bonds is 6. The van der Waals surface area contributed by atoms with Crippen molar-refractivity contribution in [2.45, 2.75) is 39.3 Å². The molecule has 40 heavy (non-hydrogen) atoms. The lowest BCUT2D eigenvalue weighted by Gasteiger charge is -2.23. The zero-order valence-electron chi connectivity index (χ0n) is 22.8. The van der Waals surface area contributed by atoms with Crippen molar-refractivity contribution in [2.24, 2.45) is 0 Å². The number of methoxy groups -OCH3 is 1. The minimum atomic E-state index is -0.833. The molecule has 0 bridgehead atoms. The summed E-state index contributed by atoms with van der Waals surface area (Å²) >= 11 is 0. The molecule has 2 aromatic carbocycles. The molecule has 12 heteroatoms. The lowest BCUT2D eigenvalue weighted by atomic mass is 10.1. The molecular formula is C28H35N7O5. The number of fused-ring (bicyclic) bond motifs is 1. The number of carboxylic acid groups (broad SMARTS) is 2. The third kappa shape index (κ3) is 8.14. The van der Waals surface area contributed by atoms with E-state index in [1.165, 1.54) is 6.33 Å². The van der Waals surface area contributed by atoms with Crippen LogP contribution in [0.1, 0.15) is 38.3 Å². The van der Waals surface area contributed by atoms with Gasteiger partial charge in [-0.25, -0.2) is 14.6 Å². The number of aliphatic carboxylic acids is 2. The van der Waals surface area contributed by atoms with Crippen LogP contribution in [0.4, 0.5) is 11.5 Å². The number of aromatic nitrogens is 4. The number of nitrogens with one attached hydrogen (secondary N) is 2. The van der Waals surface area contributed by atoms with Gasteiger partial charge in [-0.2, -0.15) is 5.10 Å². The molecule has 0 aliphatic carbocycles. The van der Waals surface area contributed by atoms with Gasteiger partial charge in [-0.15, -0.1) is 0 Å². The zero-order chi connectivity index (χ0) is 29.1. The predicted octanol–water partition coefficient (Wildman–Crippen LogP) is 3.80. The Labute approximate surface area is 232 Å². The Morgan fingerprint density at radius 2 is 1.68 bits per heavy atom. The van der Waals surface area contributed by atoms with Gasteiger partial charge in [0.25, 0.3) is 11.9 Å². The first-order valence-corrected chi connectivity index (χ1v) is 12.8. The number of ether oxygens (including phenoxy) is 1. The molecule has 0 unspecified atom stereocenters. The zero-order valence-corrected chi connectivity index (χ0v) is 22.8. The van der Waals surface area contributed by atoms with Crippen molar-refractivity contribution in [1.82, 2.24) is 25.1 Å². The molecular weight excluding hydrogens is 514 g/mol. The molecule has 0 amide bonds. The largest absolute Gasteiger partial charge is 0.496 e. The summed E-state index contributed by atoms with van der Waals surface area (Å²) in [6.45, 7) is 4.81. The van der Waals surface area contributed by atoms with Crippen LogP contribution in [0.25, 0.3) is 22.3 Å². The molecule has 0 saturated carbocycles. The van der Waals surface area contributed by atoms with E-state index in [0.29, 0.717) is 18.4 Å². The predicted molar refractivity (Wildman–Crippen MR) is 153 cm³/mol. The molecule has 0 spiro atoms. The summed E-state index contributed by atoms with van der Waals surface area (Å²) in [5.41, 5.74) is 11.0. The van der Waals surface area contributed by atoms with Gasteiger partial charge in [0.2, 0.25) is 0 Å². The first kappa shape index (κ1) is 29.8. The normalized spacial score (nSPS) is 12.9. The number of hydrogen-bond acceptors (Lipinski definition) is 9. The van der Waals surface area contributed by atoms with Gasteiger partial charge in [-0.3, -0.25) is 9.59 Å². The highest BCUT2D eigenvalue weighted by atomic mass is 16.5. The van der Waals surface area contributed by atoms with Crippen LogP contribution in [0.5, 0.6) is 5.75 Å². The van der Waals surface area contributed by atoms with Crippen molar-refractivity contribution in [3.63, 3.8) is 0 Å². The van der Waals surface area contributed by atoms with Gasteiger partial charge in [0, 0.05) is 37.2 Å². The molecule has 2 aromatic heterocycles. The molecule has 1 aliphatic rings. The summed E-state index contributed by atoms with van der Waals surface area (Å²) in [6.07, 6.45) is 3.56. The third-order valence-electron chi connectivity index (χ3n) is 6.01. The Kier molecular flexibility index (Phi) is 10.8. The average Bonchev–Trinajstić information content (AvgIpc) is 3.33. The van der Waals surface area contributed by atoms with Gasteiger partial charge in [0.05, 0.1) is 18.5 Å². The van der Waals surface area contributed by atoms with E-state index in [1.54, 1.807) is 7.11 Å². The van der Waals surface area contributed by atoms with Gasteiger partial charge in [-0.05, 0) is 44.1 Å². The molecule has 5 rings (SSSR count). The first-order chi connectivity index (χ1) is 19.2. The molecule has 4 aromatic rings. The fraction of sp³-hybridized carbons (Fsp3) is 0.321. The van der Waals surface area contributed by atoms with Gasteiger partial charge < -0.3 is 31.3 Å². The van der Waals surface area contributed by atoms with E-state index in [2.05, 4.69) is 50.9 Å². The van der Waals surface area contributed by atoms with Crippen LogP contribution in [-0.4, -0.2) is 62.1 Å². The summed E-state index contributed by atoms with van der Waals surface area (Å²) in [5.74, 6) is -0.328. The molecule has 0 radical (unpaired) electrons. The number of carboxylic acids is 2. The Morgan fingerprint density at radius 1 is 1.05 bits per heavy atom. The van der Waals surface area contributed by atoms with Crippen LogP contribution < -0.4 is 21.1 Å². The van der Waals surface area contributed by atoms with Gasteiger partial charge in [0.15, 0.2) is 5.65 Å². The highest BCUT2D eigenvalue weighted by Crippen LogP contribution is 2.34. The highest BCUT2D eigenvalue weighted by Gasteiger charge is 2.23. The summed E-state index contributed by atoms with van der Waals surface area (Å²) in [4.78, 5) is 26.8. The number of nitrogen functional groups attached to an aromatic ring is 1. The van der Waals surface area contributed by atoms with E-state index in [4.69, 9.17) is 35.4 Å². The summed E-state index contributed by atoms with van der Waals surface area (Å²) in [7, 11) is 1.69. The number of anilines is 2. The topological polar surface area (TPSA) is 178 Å². The summed E-state index contributed by atoms with van der Waals surface area (Å²) in [6, 6.07) is 16.6. The maximum atomic E-state index is 9.00. The molecule has 1 fully saturated rings. The number of piperidine rings is 1. The Balaban J connectivity index is 0.000000490. The Bertz CT molecular complexity index is 1400. The van der Waals surface area contributed by atoms with Crippen molar-refractivity contribution in [3.05, 3.63) is 60.4 Å². The van der Waals surface area contributed by atoms with E-state index in [1.807, 2.05) is 22.9 Å². The fourth-order valence-corrected chi connectivity index (χ4v) is 4.30. The van der Waals surface area contributed by atoms with Crippen molar-refractivity contribution >= 4 is 34.5 Å². The molecule has 212 valence electrons. The van der Waals surface area contributed by atoms with Crippen LogP contribution in [0.2, 0.25) is 0 Å². The van der Waals surface area contributed by atoms with Crippen molar-refractivity contribution in [3.8, 4) is 17.0 Å². The number of nitrogens with zero attached hydrogens (tertiary/aromatic N) is 4. The van der Waals surface area contributed by atoms with Gasteiger partial charge in [-0.1, -0.05) is 30.3 Å². The highest BCUT2D eigenvalue weighted by molar-refractivity contribution is 5.98. The number of para-hydroxylation sites is 1. The first-order valence-electron chi connectivity index (χ1n) is 12.8. The smallest absolute Gasteiger partial charge is 0.300 e. The van der Waals surface area contributed by atoms with Crippen LogP contribution in [0.15, 0.2) is 54.9 Å². The Hall–Kier alpha value is -4.71. The van der Waals surface area contributed by atoms with Crippen LogP contribution in [-0.2, 0) is 16.1 Å². The van der Waals surface area contributed by atoms with Crippen LogP contribution in [0.3, 0.4) is 0 Å². The number of nitrogens with two attached hydrogens (primary N) is 1. The molecule has 12 nitrogen and oxygen atoms in total. The van der Waals surface area contributed by atoms with Gasteiger partial charge >= 0.3 is 0 Å². The molecule has 1 saturated heterocycles. The third-order valence-corrected chi connectivity index (χ3v) is 6.01. The minimum Gasteiger partial charge on any atom is -0.496 e. The molecule has 0 atom stereocenters. The van der Waals surface area contributed by atoms with E-state index >= 15 is 0 Å². The Morgan fingerprint density at radius 3 is 2.30 bits per heavy atom. The number of carbonyl (C=O) groups is 2. The van der Waals surface area contributed by atoms with Crippen LogP contribution in [0, 0.1) is 0 Å². The lowest BCUT2D eigenvalue weighted by Crippen LogP contribution is -2.30.